The van der Waals surface area contributed by atoms with E-state index in [0.717, 1.165) is 10.7 Å². The van der Waals surface area contributed by atoms with Gasteiger partial charge in [-0.2, -0.15) is 9.61 Å². The number of ether oxygens (including phenoxy) is 1. The Balaban J connectivity index is 2.75. The molecule has 15 heavy (non-hydrogen) atoms. The first-order chi connectivity index (χ1) is 7.13. The maximum atomic E-state index is 11.3. The van der Waals surface area contributed by atoms with E-state index in [1.54, 1.807) is 0 Å². The number of rotatable bonds is 1. The van der Waals surface area contributed by atoms with Crippen molar-refractivity contribution in [1.82, 2.24) is 14.6 Å². The zero-order valence-electron chi connectivity index (χ0n) is 7.72. The first-order valence-corrected chi connectivity index (χ1v) is 4.02. The maximum absolute atomic E-state index is 11.3. The third kappa shape index (κ3) is 1.33. The van der Waals surface area contributed by atoms with E-state index in [-0.39, 0.29) is 17.1 Å². The SMILES string of the molecule is COC(=O)c1cc2c(=O)[nH]cc(O)n2n1. The molecule has 78 valence electrons. The maximum Gasteiger partial charge on any atom is 0.358 e. The van der Waals surface area contributed by atoms with Crippen molar-refractivity contribution in [2.75, 3.05) is 7.11 Å². The summed E-state index contributed by atoms with van der Waals surface area (Å²) in [6, 6.07) is 1.24. The predicted octanol–water partition coefficient (Wildman–Crippen LogP) is -0.485. The molecule has 0 unspecified atom stereocenters. The quantitative estimate of drug-likeness (QED) is 0.618. The minimum atomic E-state index is -0.669. The van der Waals surface area contributed by atoms with Crippen molar-refractivity contribution in [3.63, 3.8) is 0 Å². The molecule has 0 amide bonds. The molecule has 0 radical (unpaired) electrons. The van der Waals surface area contributed by atoms with Crippen molar-refractivity contribution in [2.45, 2.75) is 0 Å². The van der Waals surface area contributed by atoms with Gasteiger partial charge in [-0.25, -0.2) is 4.79 Å². The summed E-state index contributed by atoms with van der Waals surface area (Å²) < 4.78 is 5.40. The molecule has 2 aromatic rings. The smallest absolute Gasteiger partial charge is 0.358 e. The summed E-state index contributed by atoms with van der Waals surface area (Å²) in [6.45, 7) is 0. The molecule has 2 aromatic heterocycles. The summed E-state index contributed by atoms with van der Waals surface area (Å²) in [5.41, 5.74) is -0.407. The average Bonchev–Trinajstić information content (AvgIpc) is 2.68. The van der Waals surface area contributed by atoms with Gasteiger partial charge in [0.1, 0.15) is 5.52 Å². The van der Waals surface area contributed by atoms with Gasteiger partial charge in [-0.1, -0.05) is 0 Å². The van der Waals surface area contributed by atoms with Gasteiger partial charge in [-0.15, -0.1) is 0 Å². The van der Waals surface area contributed by atoms with Gasteiger partial charge in [0.25, 0.3) is 5.56 Å². The highest BCUT2D eigenvalue weighted by molar-refractivity contribution is 5.88. The molecule has 0 spiro atoms. The molecule has 0 aliphatic carbocycles. The molecule has 7 nitrogen and oxygen atoms in total. The first-order valence-electron chi connectivity index (χ1n) is 4.02. The molecule has 0 fully saturated rings. The molecule has 0 aliphatic heterocycles. The fourth-order valence-corrected chi connectivity index (χ4v) is 1.19. The molecule has 0 bridgehead atoms. The summed E-state index contributed by atoms with van der Waals surface area (Å²) in [4.78, 5) is 24.7. The number of hydrogen-bond acceptors (Lipinski definition) is 5. The van der Waals surface area contributed by atoms with Crippen LogP contribution in [0.5, 0.6) is 5.88 Å². The largest absolute Gasteiger partial charge is 0.492 e. The lowest BCUT2D eigenvalue weighted by molar-refractivity contribution is 0.0593. The highest BCUT2D eigenvalue weighted by Gasteiger charge is 2.14. The average molecular weight is 209 g/mol. The summed E-state index contributed by atoms with van der Waals surface area (Å²) in [5, 5.41) is 13.1. The zero-order valence-corrected chi connectivity index (χ0v) is 7.72. The summed E-state index contributed by atoms with van der Waals surface area (Å²) in [7, 11) is 1.20. The van der Waals surface area contributed by atoms with Gasteiger partial charge in [0.2, 0.25) is 5.88 Å². The molecule has 0 atom stereocenters. The van der Waals surface area contributed by atoms with Crippen molar-refractivity contribution in [2.24, 2.45) is 0 Å². The van der Waals surface area contributed by atoms with Crippen LogP contribution in [0.3, 0.4) is 0 Å². The molecule has 0 aromatic carbocycles. The van der Waals surface area contributed by atoms with Crippen molar-refractivity contribution in [1.29, 1.82) is 0 Å². The second-order valence-electron chi connectivity index (χ2n) is 2.79. The van der Waals surface area contributed by atoms with E-state index in [1.165, 1.54) is 13.2 Å². The number of aromatic hydroxyl groups is 1. The fourth-order valence-electron chi connectivity index (χ4n) is 1.19. The lowest BCUT2D eigenvalue weighted by atomic mass is 10.4. The minimum absolute atomic E-state index is 0.0375. The van der Waals surface area contributed by atoms with E-state index in [0.29, 0.717) is 0 Å². The highest BCUT2D eigenvalue weighted by atomic mass is 16.5. The Kier molecular flexibility index (Phi) is 1.93. The van der Waals surface area contributed by atoms with Crippen molar-refractivity contribution >= 4 is 11.5 Å². The Morgan fingerprint density at radius 1 is 1.67 bits per heavy atom. The molecule has 0 aliphatic rings. The van der Waals surface area contributed by atoms with Gasteiger partial charge < -0.3 is 14.8 Å². The number of aromatic nitrogens is 3. The summed E-state index contributed by atoms with van der Waals surface area (Å²) in [5.74, 6) is -0.933. The van der Waals surface area contributed by atoms with Crippen LogP contribution in [0, 0.1) is 0 Å². The number of fused-ring (bicyclic) bond motifs is 1. The number of esters is 1. The second kappa shape index (κ2) is 3.12. The standard InChI is InChI=1S/C8H7N3O4/c1-15-8(14)4-2-5-7(13)9-3-6(12)11(5)10-4/h2-3,12H,1H3,(H,9,13). The van der Waals surface area contributed by atoms with E-state index < -0.39 is 11.5 Å². The number of hydrogen-bond donors (Lipinski definition) is 2. The van der Waals surface area contributed by atoms with Gasteiger partial charge in [0, 0.05) is 6.07 Å². The highest BCUT2D eigenvalue weighted by Crippen LogP contribution is 2.09. The molecule has 2 N–H and O–H groups in total. The minimum Gasteiger partial charge on any atom is -0.492 e. The van der Waals surface area contributed by atoms with Crippen LogP contribution in [-0.2, 0) is 4.74 Å². The van der Waals surface area contributed by atoms with Crippen LogP contribution in [0.1, 0.15) is 10.5 Å². The first kappa shape index (κ1) is 9.25. The Labute approximate surface area is 82.9 Å². The second-order valence-corrected chi connectivity index (χ2v) is 2.79. The van der Waals surface area contributed by atoms with E-state index in [9.17, 15) is 14.7 Å². The van der Waals surface area contributed by atoms with Crippen molar-refractivity contribution < 1.29 is 14.6 Å². The van der Waals surface area contributed by atoms with Gasteiger partial charge in [-0.3, -0.25) is 4.79 Å². The third-order valence-corrected chi connectivity index (χ3v) is 1.89. The van der Waals surface area contributed by atoms with Crippen LogP contribution in [0.2, 0.25) is 0 Å². The Morgan fingerprint density at radius 2 is 2.40 bits per heavy atom. The predicted molar refractivity (Wildman–Crippen MR) is 48.8 cm³/mol. The number of carbonyl (C=O) groups is 1. The molecule has 2 rings (SSSR count). The van der Waals surface area contributed by atoms with Crippen LogP contribution in [0.25, 0.3) is 5.52 Å². The van der Waals surface area contributed by atoms with Crippen LogP contribution < -0.4 is 5.56 Å². The number of methoxy groups -OCH3 is 1. The summed E-state index contributed by atoms with van der Waals surface area (Å²) >= 11 is 0. The number of carbonyl (C=O) groups excluding carboxylic acids is 1. The summed E-state index contributed by atoms with van der Waals surface area (Å²) in [6.07, 6.45) is 1.09. The van der Waals surface area contributed by atoms with Gasteiger partial charge in [0.05, 0.1) is 13.3 Å². The van der Waals surface area contributed by atoms with E-state index in [2.05, 4.69) is 14.8 Å². The fraction of sp³-hybridized carbons (Fsp3) is 0.125. The monoisotopic (exact) mass is 209 g/mol. The normalized spacial score (nSPS) is 10.5. The third-order valence-electron chi connectivity index (χ3n) is 1.89. The number of nitrogens with one attached hydrogen (secondary N) is 1. The number of aromatic amines is 1. The number of nitrogens with zero attached hydrogens (tertiary/aromatic N) is 2. The topological polar surface area (TPSA) is 96.7 Å². The van der Waals surface area contributed by atoms with Crippen LogP contribution in [0.4, 0.5) is 0 Å². The van der Waals surface area contributed by atoms with E-state index >= 15 is 0 Å². The van der Waals surface area contributed by atoms with Crippen molar-refractivity contribution in [3.05, 3.63) is 28.3 Å². The van der Waals surface area contributed by atoms with Gasteiger partial charge in [0.15, 0.2) is 5.69 Å². The van der Waals surface area contributed by atoms with Crippen molar-refractivity contribution in [3.8, 4) is 5.88 Å². The lowest BCUT2D eigenvalue weighted by Gasteiger charge is -1.94. The van der Waals surface area contributed by atoms with E-state index in [4.69, 9.17) is 0 Å². The molecular formula is C8H7N3O4. The van der Waals surface area contributed by atoms with Gasteiger partial charge in [-0.05, 0) is 0 Å². The Hall–Kier alpha value is -2.31. The Bertz CT molecular complexity index is 583. The molecule has 0 saturated carbocycles. The zero-order chi connectivity index (χ0) is 11.0. The Morgan fingerprint density at radius 3 is 3.00 bits per heavy atom. The lowest BCUT2D eigenvalue weighted by Crippen LogP contribution is -2.08. The van der Waals surface area contributed by atoms with Gasteiger partial charge >= 0.3 is 5.97 Å². The van der Waals surface area contributed by atoms with Crippen LogP contribution >= 0.6 is 0 Å². The molecule has 0 saturated heterocycles. The molecule has 2 heterocycles. The van der Waals surface area contributed by atoms with E-state index in [1.807, 2.05) is 0 Å². The van der Waals surface area contributed by atoms with Crippen LogP contribution in [0.15, 0.2) is 17.1 Å². The number of H-pyrrole nitrogens is 1. The molecular weight excluding hydrogens is 202 g/mol. The van der Waals surface area contributed by atoms with Crippen LogP contribution in [-0.4, -0.2) is 32.8 Å². The molecule has 7 heteroatoms.